The monoisotopic (exact) mass is 268 g/mol. The van der Waals surface area contributed by atoms with Crippen LogP contribution in [0, 0.1) is 5.92 Å². The average Bonchev–Trinajstić information content (AvgIpc) is 2.82. The van der Waals surface area contributed by atoms with Gasteiger partial charge in [-0.25, -0.2) is 0 Å². The summed E-state index contributed by atoms with van der Waals surface area (Å²) in [6.45, 7) is 9.29. The van der Waals surface area contributed by atoms with E-state index in [1.807, 2.05) is 6.92 Å². The van der Waals surface area contributed by atoms with E-state index in [4.69, 9.17) is 5.73 Å². The normalized spacial score (nSPS) is 19.7. The van der Waals surface area contributed by atoms with Crippen LogP contribution in [0.25, 0.3) is 0 Å². The molecule has 1 rings (SSSR count). The summed E-state index contributed by atoms with van der Waals surface area (Å²) < 4.78 is 0. The quantitative estimate of drug-likeness (QED) is 0.770. The van der Waals surface area contributed by atoms with Gasteiger partial charge < -0.3 is 10.6 Å². The summed E-state index contributed by atoms with van der Waals surface area (Å²) in [6, 6.07) is 0.436. The number of hydrogen-bond acceptors (Lipinski definition) is 2. The van der Waals surface area contributed by atoms with Gasteiger partial charge in [0.15, 0.2) is 0 Å². The van der Waals surface area contributed by atoms with Crippen molar-refractivity contribution in [2.45, 2.75) is 84.2 Å². The Morgan fingerprint density at radius 2 is 1.95 bits per heavy atom. The highest BCUT2D eigenvalue weighted by Gasteiger charge is 2.36. The van der Waals surface area contributed by atoms with Gasteiger partial charge in [-0.15, -0.1) is 0 Å². The molecule has 0 aromatic rings. The number of nitrogens with zero attached hydrogens (tertiary/aromatic N) is 1. The molecule has 1 saturated carbocycles. The lowest BCUT2D eigenvalue weighted by Crippen LogP contribution is -2.56. The van der Waals surface area contributed by atoms with E-state index in [2.05, 4.69) is 25.7 Å². The summed E-state index contributed by atoms with van der Waals surface area (Å²) >= 11 is 0. The largest absolute Gasteiger partial charge is 0.338 e. The number of carbonyl (C=O) groups is 1. The van der Waals surface area contributed by atoms with Crippen LogP contribution in [0.15, 0.2) is 0 Å². The Morgan fingerprint density at radius 3 is 2.42 bits per heavy atom. The van der Waals surface area contributed by atoms with Crippen molar-refractivity contribution in [3.63, 3.8) is 0 Å². The van der Waals surface area contributed by atoms with E-state index in [-0.39, 0.29) is 5.91 Å². The van der Waals surface area contributed by atoms with Crippen LogP contribution in [0.4, 0.5) is 0 Å². The van der Waals surface area contributed by atoms with Gasteiger partial charge in [-0.05, 0) is 38.5 Å². The van der Waals surface area contributed by atoms with Gasteiger partial charge in [0.25, 0.3) is 0 Å². The summed E-state index contributed by atoms with van der Waals surface area (Å²) in [5.41, 5.74) is 5.57. The fraction of sp³-hybridized carbons (Fsp3) is 0.938. The molecule has 0 aromatic carbocycles. The molecule has 1 atom stereocenters. The van der Waals surface area contributed by atoms with Crippen molar-refractivity contribution in [3.8, 4) is 0 Å². The summed E-state index contributed by atoms with van der Waals surface area (Å²) in [5, 5.41) is 0. The molecule has 0 aliphatic heterocycles. The highest BCUT2D eigenvalue weighted by atomic mass is 16.2. The van der Waals surface area contributed by atoms with Crippen LogP contribution in [0.1, 0.15) is 72.6 Å². The molecule has 1 amide bonds. The molecule has 0 aromatic heterocycles. The lowest BCUT2D eigenvalue weighted by molar-refractivity contribution is -0.139. The predicted molar refractivity (Wildman–Crippen MR) is 80.9 cm³/mol. The smallest absolute Gasteiger partial charge is 0.242 e. The first-order valence-electron chi connectivity index (χ1n) is 7.98. The maximum absolute atomic E-state index is 12.8. The van der Waals surface area contributed by atoms with Crippen LogP contribution < -0.4 is 5.73 Å². The fourth-order valence-electron chi connectivity index (χ4n) is 3.02. The van der Waals surface area contributed by atoms with Gasteiger partial charge >= 0.3 is 0 Å². The third-order valence-corrected chi connectivity index (χ3v) is 4.23. The Hall–Kier alpha value is -0.570. The van der Waals surface area contributed by atoms with E-state index in [9.17, 15) is 4.79 Å². The minimum atomic E-state index is -0.686. The van der Waals surface area contributed by atoms with Crippen LogP contribution in [0.3, 0.4) is 0 Å². The lowest BCUT2D eigenvalue weighted by Gasteiger charge is -2.36. The van der Waals surface area contributed by atoms with E-state index >= 15 is 0 Å². The molecule has 0 spiro atoms. The van der Waals surface area contributed by atoms with Crippen LogP contribution >= 0.6 is 0 Å². The van der Waals surface area contributed by atoms with E-state index in [0.29, 0.717) is 12.0 Å². The highest BCUT2D eigenvalue weighted by molar-refractivity contribution is 5.86. The summed E-state index contributed by atoms with van der Waals surface area (Å²) in [7, 11) is 0. The number of hydrogen-bond donors (Lipinski definition) is 1. The molecule has 2 N–H and O–H groups in total. The molecular weight excluding hydrogens is 236 g/mol. The molecule has 1 unspecified atom stereocenters. The van der Waals surface area contributed by atoms with Crippen molar-refractivity contribution in [2.24, 2.45) is 11.7 Å². The zero-order chi connectivity index (χ0) is 14.5. The zero-order valence-corrected chi connectivity index (χ0v) is 13.2. The van der Waals surface area contributed by atoms with Crippen molar-refractivity contribution < 1.29 is 4.79 Å². The lowest BCUT2D eigenvalue weighted by atomic mass is 9.94. The van der Waals surface area contributed by atoms with E-state index in [1.54, 1.807) is 0 Å². The van der Waals surface area contributed by atoms with Crippen LogP contribution in [-0.4, -0.2) is 28.9 Å². The Balaban J connectivity index is 2.73. The standard InChI is InChI=1S/C16H32N2O/c1-5-11-16(4,17)15(19)18(12-10-13(2)3)14-8-6-7-9-14/h13-14H,5-12,17H2,1-4H3. The average molecular weight is 268 g/mol. The topological polar surface area (TPSA) is 46.3 Å². The third kappa shape index (κ3) is 4.79. The van der Waals surface area contributed by atoms with Crippen molar-refractivity contribution in [3.05, 3.63) is 0 Å². The van der Waals surface area contributed by atoms with Gasteiger partial charge in [0.1, 0.15) is 0 Å². The minimum absolute atomic E-state index is 0.168. The molecule has 1 aliphatic rings. The van der Waals surface area contributed by atoms with E-state index in [0.717, 1.165) is 38.6 Å². The Bertz CT molecular complexity index is 280. The first-order chi connectivity index (χ1) is 8.88. The summed E-state index contributed by atoms with van der Waals surface area (Å²) in [4.78, 5) is 14.9. The molecule has 0 bridgehead atoms. The second-order valence-corrected chi connectivity index (χ2v) is 6.79. The maximum Gasteiger partial charge on any atom is 0.242 e. The Morgan fingerprint density at radius 1 is 1.37 bits per heavy atom. The zero-order valence-electron chi connectivity index (χ0n) is 13.2. The third-order valence-electron chi connectivity index (χ3n) is 4.23. The minimum Gasteiger partial charge on any atom is -0.338 e. The van der Waals surface area contributed by atoms with E-state index in [1.165, 1.54) is 12.8 Å². The number of carbonyl (C=O) groups excluding carboxylic acids is 1. The first kappa shape index (κ1) is 16.5. The Kier molecular flexibility index (Phi) is 6.31. The second-order valence-electron chi connectivity index (χ2n) is 6.79. The van der Waals surface area contributed by atoms with Crippen molar-refractivity contribution >= 4 is 5.91 Å². The van der Waals surface area contributed by atoms with Gasteiger partial charge in [-0.2, -0.15) is 0 Å². The van der Waals surface area contributed by atoms with Crippen LogP contribution in [0.2, 0.25) is 0 Å². The second kappa shape index (κ2) is 7.28. The molecule has 0 saturated heterocycles. The van der Waals surface area contributed by atoms with Gasteiger partial charge in [0, 0.05) is 12.6 Å². The molecule has 3 heteroatoms. The molecule has 3 nitrogen and oxygen atoms in total. The number of amides is 1. The van der Waals surface area contributed by atoms with Gasteiger partial charge in [0.2, 0.25) is 5.91 Å². The molecule has 19 heavy (non-hydrogen) atoms. The van der Waals surface area contributed by atoms with E-state index < -0.39 is 5.54 Å². The molecule has 0 heterocycles. The molecule has 1 aliphatic carbocycles. The number of rotatable bonds is 7. The molecule has 112 valence electrons. The molecule has 1 fully saturated rings. The highest BCUT2D eigenvalue weighted by Crippen LogP contribution is 2.26. The van der Waals surface area contributed by atoms with Crippen LogP contribution in [0.5, 0.6) is 0 Å². The SMILES string of the molecule is CCCC(C)(N)C(=O)N(CCC(C)C)C1CCCC1. The maximum atomic E-state index is 12.8. The van der Waals surface area contributed by atoms with Crippen molar-refractivity contribution in [1.82, 2.24) is 4.90 Å². The summed E-state index contributed by atoms with van der Waals surface area (Å²) in [6.07, 6.45) is 7.64. The number of nitrogens with two attached hydrogens (primary N) is 1. The molecule has 0 radical (unpaired) electrons. The Labute approximate surface area is 118 Å². The van der Waals surface area contributed by atoms with Crippen molar-refractivity contribution in [2.75, 3.05) is 6.54 Å². The first-order valence-corrected chi connectivity index (χ1v) is 7.98. The molecular formula is C16H32N2O. The van der Waals surface area contributed by atoms with Crippen molar-refractivity contribution in [1.29, 1.82) is 0 Å². The van der Waals surface area contributed by atoms with Gasteiger partial charge in [-0.1, -0.05) is 40.0 Å². The fourth-order valence-corrected chi connectivity index (χ4v) is 3.02. The summed E-state index contributed by atoms with van der Waals surface area (Å²) in [5.74, 6) is 0.800. The van der Waals surface area contributed by atoms with Crippen LogP contribution in [-0.2, 0) is 4.79 Å². The van der Waals surface area contributed by atoms with Gasteiger partial charge in [0.05, 0.1) is 5.54 Å². The predicted octanol–water partition coefficient (Wildman–Crippen LogP) is 3.32. The van der Waals surface area contributed by atoms with Gasteiger partial charge in [-0.3, -0.25) is 4.79 Å².